The van der Waals surface area contributed by atoms with Crippen LogP contribution in [0.2, 0.25) is 0 Å². The number of aromatic nitrogens is 2. The van der Waals surface area contributed by atoms with Crippen molar-refractivity contribution in [3.8, 4) is 0 Å². The van der Waals surface area contributed by atoms with Crippen LogP contribution in [0.25, 0.3) is 10.2 Å². The molecule has 0 fully saturated rings. The van der Waals surface area contributed by atoms with Gasteiger partial charge in [0.05, 0.1) is 24.6 Å². The minimum atomic E-state index is -0.594. The van der Waals surface area contributed by atoms with Gasteiger partial charge in [-0.15, -0.1) is 11.3 Å². The second-order valence-electron chi connectivity index (χ2n) is 7.64. The van der Waals surface area contributed by atoms with Gasteiger partial charge < -0.3 is 19.6 Å². The first-order chi connectivity index (χ1) is 13.3. The maximum Gasteiger partial charge on any atom is 0.259 e. The summed E-state index contributed by atoms with van der Waals surface area (Å²) in [5, 5.41) is 11.0. The minimum absolute atomic E-state index is 0.0977. The zero-order valence-corrected chi connectivity index (χ0v) is 18.4. The second-order valence-corrected chi connectivity index (χ2v) is 8.85. The molecule has 0 aliphatic carbocycles. The zero-order chi connectivity index (χ0) is 20.7. The van der Waals surface area contributed by atoms with E-state index in [1.807, 2.05) is 13.8 Å². The van der Waals surface area contributed by atoms with Crippen LogP contribution in [0.15, 0.2) is 4.79 Å². The van der Waals surface area contributed by atoms with Gasteiger partial charge in [-0.05, 0) is 31.7 Å². The van der Waals surface area contributed by atoms with Gasteiger partial charge in [0.25, 0.3) is 5.56 Å². The van der Waals surface area contributed by atoms with Gasteiger partial charge >= 0.3 is 0 Å². The molecular weight excluding hydrogens is 378 g/mol. The van der Waals surface area contributed by atoms with E-state index in [2.05, 4.69) is 28.7 Å². The largest absolute Gasteiger partial charge is 0.389 e. The first-order valence-electron chi connectivity index (χ1n) is 9.77. The van der Waals surface area contributed by atoms with E-state index in [1.165, 1.54) is 0 Å². The molecule has 0 spiro atoms. The van der Waals surface area contributed by atoms with Gasteiger partial charge in [0.15, 0.2) is 0 Å². The number of aliphatic hydroxyl groups is 1. The van der Waals surface area contributed by atoms with Crippen molar-refractivity contribution in [1.29, 1.82) is 0 Å². The number of methoxy groups -OCH3 is 1. The first-order valence-corrected chi connectivity index (χ1v) is 10.6. The summed E-state index contributed by atoms with van der Waals surface area (Å²) in [5.41, 5.74) is 0.898. The van der Waals surface area contributed by atoms with Gasteiger partial charge in [-0.3, -0.25) is 9.69 Å². The number of thiophene rings is 1. The molecule has 158 valence electrons. The fourth-order valence-electron chi connectivity index (χ4n) is 3.04. The monoisotopic (exact) mass is 411 g/mol. The zero-order valence-electron chi connectivity index (χ0n) is 17.6. The number of hydrogen-bond acceptors (Lipinski definition) is 7. The molecule has 2 aromatic heterocycles. The van der Waals surface area contributed by atoms with E-state index in [-0.39, 0.29) is 5.56 Å². The van der Waals surface area contributed by atoms with Crippen LogP contribution in [0.1, 0.15) is 36.5 Å². The molecule has 28 heavy (non-hydrogen) atoms. The van der Waals surface area contributed by atoms with Gasteiger partial charge in [-0.25, -0.2) is 4.98 Å². The van der Waals surface area contributed by atoms with Crippen molar-refractivity contribution in [3.63, 3.8) is 0 Å². The Morgan fingerprint density at radius 1 is 1.29 bits per heavy atom. The average Bonchev–Trinajstić information content (AvgIpc) is 2.89. The molecule has 1 atom stereocenters. The molecule has 2 aromatic rings. The average molecular weight is 412 g/mol. The summed E-state index contributed by atoms with van der Waals surface area (Å²) in [5.74, 6) is 1.05. The molecule has 8 heteroatoms. The molecule has 0 aliphatic heterocycles. The second kappa shape index (κ2) is 11.0. The SMILES string of the molecule is COCCCN(Cc1nc2sc(C)c(C)c2c(=O)[nH]1)C[C@@H](O)COCC(C)C. The molecule has 2 heterocycles. The fourth-order valence-corrected chi connectivity index (χ4v) is 4.09. The van der Waals surface area contributed by atoms with Crippen molar-refractivity contribution in [2.24, 2.45) is 5.92 Å². The summed E-state index contributed by atoms with van der Waals surface area (Å²) in [6, 6.07) is 0. The third kappa shape index (κ3) is 6.63. The van der Waals surface area contributed by atoms with Gasteiger partial charge in [-0.1, -0.05) is 13.8 Å². The highest BCUT2D eigenvalue weighted by Crippen LogP contribution is 2.25. The predicted octanol–water partition coefficient (Wildman–Crippen LogP) is 2.47. The number of nitrogens with zero attached hydrogens (tertiary/aromatic N) is 2. The Kier molecular flexibility index (Phi) is 9.04. The molecule has 2 N–H and O–H groups in total. The topological polar surface area (TPSA) is 87.7 Å². The molecule has 0 radical (unpaired) electrons. The summed E-state index contributed by atoms with van der Waals surface area (Å²) in [4.78, 5) is 24.0. The van der Waals surface area contributed by atoms with Crippen molar-refractivity contribution in [3.05, 3.63) is 26.6 Å². The summed E-state index contributed by atoms with van der Waals surface area (Å²) < 4.78 is 10.7. The highest BCUT2D eigenvalue weighted by Gasteiger charge is 2.16. The normalized spacial score (nSPS) is 13.1. The lowest BCUT2D eigenvalue weighted by molar-refractivity contribution is 0.00544. The number of nitrogens with one attached hydrogen (secondary N) is 1. The van der Waals surface area contributed by atoms with E-state index in [1.54, 1.807) is 18.4 Å². The minimum Gasteiger partial charge on any atom is -0.389 e. The molecule has 0 unspecified atom stereocenters. The van der Waals surface area contributed by atoms with Crippen LogP contribution in [0.5, 0.6) is 0 Å². The highest BCUT2D eigenvalue weighted by molar-refractivity contribution is 7.18. The molecule has 2 rings (SSSR count). The van der Waals surface area contributed by atoms with Crippen molar-refractivity contribution in [1.82, 2.24) is 14.9 Å². The lowest BCUT2D eigenvalue weighted by Gasteiger charge is -2.24. The van der Waals surface area contributed by atoms with Crippen molar-refractivity contribution in [2.45, 2.75) is 46.8 Å². The third-order valence-electron chi connectivity index (χ3n) is 4.51. The van der Waals surface area contributed by atoms with Gasteiger partial charge in [0.2, 0.25) is 0 Å². The molecular formula is C20H33N3O4S. The van der Waals surface area contributed by atoms with Crippen molar-refractivity contribution in [2.75, 3.05) is 40.0 Å². The lowest BCUT2D eigenvalue weighted by atomic mass is 10.2. The van der Waals surface area contributed by atoms with Crippen molar-refractivity contribution >= 4 is 21.6 Å². The number of rotatable bonds is 12. The quantitative estimate of drug-likeness (QED) is 0.522. The van der Waals surface area contributed by atoms with E-state index in [9.17, 15) is 9.90 Å². The van der Waals surface area contributed by atoms with Crippen LogP contribution in [0, 0.1) is 19.8 Å². The standard InChI is InChI=1S/C20H33N3O4S/c1-13(2)11-27-12-16(24)9-23(7-6-8-26-5)10-17-21-19(25)18-14(3)15(4)28-20(18)22-17/h13,16,24H,6-12H2,1-5H3,(H,21,22,25)/t16-/m1/s1. The summed E-state index contributed by atoms with van der Waals surface area (Å²) in [7, 11) is 1.67. The Bertz CT molecular complexity index is 803. The first kappa shape index (κ1) is 23.0. The number of hydrogen-bond donors (Lipinski definition) is 2. The van der Waals surface area contributed by atoms with Crippen LogP contribution in [0.3, 0.4) is 0 Å². The number of fused-ring (bicyclic) bond motifs is 1. The molecule has 0 aliphatic rings. The Balaban J connectivity index is 2.08. The molecule has 0 saturated heterocycles. The molecule has 0 aromatic carbocycles. The lowest BCUT2D eigenvalue weighted by Crippen LogP contribution is -2.36. The van der Waals surface area contributed by atoms with E-state index in [0.717, 1.165) is 28.2 Å². The number of H-pyrrole nitrogens is 1. The van der Waals surface area contributed by atoms with Crippen LogP contribution < -0.4 is 5.56 Å². The Labute approximate surface area is 170 Å². The summed E-state index contributed by atoms with van der Waals surface area (Å²) in [6.45, 7) is 11.3. The molecule has 7 nitrogen and oxygen atoms in total. The maximum absolute atomic E-state index is 12.5. The van der Waals surface area contributed by atoms with Gasteiger partial charge in [0.1, 0.15) is 10.7 Å². The Hall–Kier alpha value is -1.32. The van der Waals surface area contributed by atoms with E-state index in [4.69, 9.17) is 9.47 Å². The molecule has 0 amide bonds. The maximum atomic E-state index is 12.5. The Morgan fingerprint density at radius 2 is 2.04 bits per heavy atom. The predicted molar refractivity (Wildman–Crippen MR) is 113 cm³/mol. The van der Waals surface area contributed by atoms with Gasteiger partial charge in [-0.2, -0.15) is 0 Å². The molecule has 0 saturated carbocycles. The van der Waals surface area contributed by atoms with Crippen LogP contribution >= 0.6 is 11.3 Å². The van der Waals surface area contributed by atoms with E-state index < -0.39 is 6.10 Å². The smallest absolute Gasteiger partial charge is 0.259 e. The van der Waals surface area contributed by atoms with Crippen LogP contribution in [0.4, 0.5) is 0 Å². The Morgan fingerprint density at radius 3 is 2.71 bits per heavy atom. The van der Waals surface area contributed by atoms with Crippen LogP contribution in [-0.2, 0) is 16.0 Å². The third-order valence-corrected chi connectivity index (χ3v) is 5.62. The number of aryl methyl sites for hydroxylation is 2. The van der Waals surface area contributed by atoms with E-state index in [0.29, 0.717) is 50.0 Å². The number of aliphatic hydroxyl groups excluding tert-OH is 1. The van der Waals surface area contributed by atoms with E-state index >= 15 is 0 Å². The highest BCUT2D eigenvalue weighted by atomic mass is 32.1. The fraction of sp³-hybridized carbons (Fsp3) is 0.700. The number of ether oxygens (including phenoxy) is 2. The molecule has 0 bridgehead atoms. The van der Waals surface area contributed by atoms with Gasteiger partial charge in [0, 0.05) is 38.3 Å². The number of aromatic amines is 1. The summed E-state index contributed by atoms with van der Waals surface area (Å²) >= 11 is 1.54. The van der Waals surface area contributed by atoms with Crippen molar-refractivity contribution < 1.29 is 14.6 Å². The summed E-state index contributed by atoms with van der Waals surface area (Å²) in [6.07, 6.45) is 0.239. The van der Waals surface area contributed by atoms with Crippen LogP contribution in [-0.4, -0.2) is 66.1 Å².